The molecule has 26 heavy (non-hydrogen) atoms. The fourth-order valence-electron chi connectivity index (χ4n) is 3.02. The lowest BCUT2D eigenvalue weighted by atomic mass is 9.96. The second kappa shape index (κ2) is 8.77. The van der Waals surface area contributed by atoms with Gasteiger partial charge in [-0.3, -0.25) is 4.79 Å². The fourth-order valence-corrected chi connectivity index (χ4v) is 3.91. The van der Waals surface area contributed by atoms with Crippen molar-refractivity contribution in [2.45, 2.75) is 32.6 Å². The Morgan fingerprint density at radius 3 is 2.42 bits per heavy atom. The molecule has 0 fully saturated rings. The average molecular weight is 365 g/mol. The highest BCUT2D eigenvalue weighted by Crippen LogP contribution is 2.25. The summed E-state index contributed by atoms with van der Waals surface area (Å²) in [6.45, 7) is 2.18. The van der Waals surface area contributed by atoms with Crippen molar-refractivity contribution in [2.24, 2.45) is 5.92 Å². The molecule has 3 rings (SSSR count). The van der Waals surface area contributed by atoms with Crippen molar-refractivity contribution in [3.05, 3.63) is 76.1 Å². The fraction of sp³-hybridized carbons (Fsp3) is 0.273. The lowest BCUT2D eigenvalue weighted by molar-refractivity contribution is -0.141. The zero-order chi connectivity index (χ0) is 18.4. The molecule has 1 aromatic heterocycles. The molecule has 0 radical (unpaired) electrons. The first-order valence-corrected chi connectivity index (χ1v) is 9.84. The molecule has 0 spiro atoms. The highest BCUT2D eigenvalue weighted by molar-refractivity contribution is 7.09. The zero-order valence-electron chi connectivity index (χ0n) is 14.9. The van der Waals surface area contributed by atoms with Crippen LogP contribution >= 0.6 is 11.3 Å². The number of hydrogen-bond acceptors (Lipinski definition) is 3. The van der Waals surface area contributed by atoms with E-state index in [4.69, 9.17) is 0 Å². The van der Waals surface area contributed by atoms with Crippen molar-refractivity contribution in [3.63, 3.8) is 0 Å². The predicted octanol–water partition coefficient (Wildman–Crippen LogP) is 5.25. The normalized spacial score (nSPS) is 12.0. The molecule has 0 bridgehead atoms. The van der Waals surface area contributed by atoms with Crippen LogP contribution < -0.4 is 0 Å². The van der Waals surface area contributed by atoms with Crippen LogP contribution in [0.25, 0.3) is 11.3 Å². The van der Waals surface area contributed by atoms with Crippen LogP contribution in [0.5, 0.6) is 0 Å². The van der Waals surface area contributed by atoms with Crippen molar-refractivity contribution < 1.29 is 9.90 Å². The Morgan fingerprint density at radius 1 is 1.04 bits per heavy atom. The molecule has 134 valence electrons. The summed E-state index contributed by atoms with van der Waals surface area (Å²) in [5, 5.41) is 12.5. The van der Waals surface area contributed by atoms with Crippen molar-refractivity contribution in [2.75, 3.05) is 0 Å². The lowest BCUT2D eigenvalue weighted by Crippen LogP contribution is -2.19. The van der Waals surface area contributed by atoms with E-state index in [0.29, 0.717) is 12.8 Å². The van der Waals surface area contributed by atoms with Crippen molar-refractivity contribution in [1.29, 1.82) is 0 Å². The van der Waals surface area contributed by atoms with Crippen LogP contribution in [0.4, 0.5) is 0 Å². The summed E-state index contributed by atoms with van der Waals surface area (Å²) < 4.78 is 0. The van der Waals surface area contributed by atoms with E-state index in [1.165, 1.54) is 5.56 Å². The summed E-state index contributed by atoms with van der Waals surface area (Å²) in [5.41, 5.74) is 4.39. The SMILES string of the molecule is CCCc1ccc(-c2csc(CC(Cc3ccccc3)C(=O)O)n2)cc1. The van der Waals surface area contributed by atoms with Crippen LogP contribution in [0.3, 0.4) is 0 Å². The topological polar surface area (TPSA) is 50.2 Å². The molecule has 0 saturated carbocycles. The van der Waals surface area contributed by atoms with E-state index in [2.05, 4.69) is 36.2 Å². The number of nitrogens with zero attached hydrogens (tertiary/aromatic N) is 1. The second-order valence-corrected chi connectivity index (χ2v) is 7.45. The first-order chi connectivity index (χ1) is 12.7. The van der Waals surface area contributed by atoms with Crippen LogP contribution in [0.1, 0.15) is 29.5 Å². The highest BCUT2D eigenvalue weighted by atomic mass is 32.1. The number of hydrogen-bond donors (Lipinski definition) is 1. The minimum Gasteiger partial charge on any atom is -0.481 e. The summed E-state index contributed by atoms with van der Waals surface area (Å²) in [6, 6.07) is 18.3. The third-order valence-corrected chi connectivity index (χ3v) is 5.31. The minimum atomic E-state index is -0.769. The van der Waals surface area contributed by atoms with E-state index in [9.17, 15) is 9.90 Å². The van der Waals surface area contributed by atoms with Crippen molar-refractivity contribution in [1.82, 2.24) is 4.98 Å². The molecule has 1 heterocycles. The molecule has 2 aromatic carbocycles. The van der Waals surface area contributed by atoms with Crippen LogP contribution in [0.15, 0.2) is 60.0 Å². The second-order valence-electron chi connectivity index (χ2n) is 6.50. The molecular formula is C22H23NO2S. The maximum atomic E-state index is 11.7. The van der Waals surface area contributed by atoms with Gasteiger partial charge in [0.05, 0.1) is 16.6 Å². The summed E-state index contributed by atoms with van der Waals surface area (Å²) in [6.07, 6.45) is 3.21. The molecule has 0 aliphatic carbocycles. The van der Waals surface area contributed by atoms with E-state index >= 15 is 0 Å². The van der Waals surface area contributed by atoms with Crippen LogP contribution in [-0.4, -0.2) is 16.1 Å². The van der Waals surface area contributed by atoms with E-state index in [1.807, 2.05) is 35.7 Å². The maximum absolute atomic E-state index is 11.7. The van der Waals surface area contributed by atoms with Crippen LogP contribution in [0, 0.1) is 5.92 Å². The molecule has 1 unspecified atom stereocenters. The summed E-state index contributed by atoms with van der Waals surface area (Å²) in [4.78, 5) is 16.3. The smallest absolute Gasteiger partial charge is 0.307 e. The van der Waals surface area contributed by atoms with Gasteiger partial charge in [0.2, 0.25) is 0 Å². The first-order valence-electron chi connectivity index (χ1n) is 8.96. The van der Waals surface area contributed by atoms with Gasteiger partial charge in [-0.1, -0.05) is 67.9 Å². The maximum Gasteiger partial charge on any atom is 0.307 e. The largest absolute Gasteiger partial charge is 0.481 e. The van der Waals surface area contributed by atoms with Gasteiger partial charge in [0, 0.05) is 17.4 Å². The number of thiazole rings is 1. The van der Waals surface area contributed by atoms with Crippen molar-refractivity contribution >= 4 is 17.3 Å². The van der Waals surface area contributed by atoms with Crippen LogP contribution in [0.2, 0.25) is 0 Å². The number of carboxylic acid groups (broad SMARTS) is 1. The molecular weight excluding hydrogens is 342 g/mol. The van der Waals surface area contributed by atoms with Gasteiger partial charge in [-0.05, 0) is 24.0 Å². The van der Waals surface area contributed by atoms with Crippen LogP contribution in [-0.2, 0) is 24.1 Å². The zero-order valence-corrected chi connectivity index (χ0v) is 15.7. The Labute approximate surface area is 158 Å². The molecule has 0 aliphatic heterocycles. The average Bonchev–Trinajstić information content (AvgIpc) is 3.11. The number of benzene rings is 2. The first kappa shape index (κ1) is 18.3. The van der Waals surface area contributed by atoms with E-state index in [-0.39, 0.29) is 0 Å². The van der Waals surface area contributed by atoms with Gasteiger partial charge in [0.25, 0.3) is 0 Å². The Bertz CT molecular complexity index is 840. The van der Waals surface area contributed by atoms with E-state index in [1.54, 1.807) is 11.3 Å². The number of carboxylic acids is 1. The van der Waals surface area contributed by atoms with Gasteiger partial charge in [0.15, 0.2) is 0 Å². The monoisotopic (exact) mass is 365 g/mol. The lowest BCUT2D eigenvalue weighted by Gasteiger charge is -2.10. The molecule has 0 aliphatic rings. The number of aryl methyl sites for hydroxylation is 1. The van der Waals surface area contributed by atoms with E-state index < -0.39 is 11.9 Å². The van der Waals surface area contributed by atoms with Gasteiger partial charge >= 0.3 is 5.97 Å². The highest BCUT2D eigenvalue weighted by Gasteiger charge is 2.20. The third kappa shape index (κ3) is 4.79. The number of aromatic nitrogens is 1. The molecule has 1 N–H and O–H groups in total. The number of aliphatic carboxylic acids is 1. The van der Waals surface area contributed by atoms with E-state index in [0.717, 1.165) is 34.7 Å². The van der Waals surface area contributed by atoms with Gasteiger partial charge in [-0.25, -0.2) is 4.98 Å². The van der Waals surface area contributed by atoms with Gasteiger partial charge in [0.1, 0.15) is 0 Å². The Hall–Kier alpha value is -2.46. The van der Waals surface area contributed by atoms with Gasteiger partial charge in [-0.15, -0.1) is 11.3 Å². The summed E-state index contributed by atoms with van der Waals surface area (Å²) in [5.74, 6) is -1.22. The van der Waals surface area contributed by atoms with Gasteiger partial charge in [-0.2, -0.15) is 0 Å². The minimum absolute atomic E-state index is 0.455. The van der Waals surface area contributed by atoms with Crippen molar-refractivity contribution in [3.8, 4) is 11.3 Å². The number of rotatable bonds is 8. The Kier molecular flexibility index (Phi) is 6.18. The summed E-state index contributed by atoms with van der Waals surface area (Å²) >= 11 is 1.54. The molecule has 4 heteroatoms. The van der Waals surface area contributed by atoms with Gasteiger partial charge < -0.3 is 5.11 Å². The third-order valence-electron chi connectivity index (χ3n) is 4.44. The Balaban J connectivity index is 1.70. The quantitative estimate of drug-likeness (QED) is 0.593. The molecule has 3 aromatic rings. The summed E-state index contributed by atoms with van der Waals surface area (Å²) in [7, 11) is 0. The number of carbonyl (C=O) groups is 1. The predicted molar refractivity (Wildman–Crippen MR) is 107 cm³/mol. The standard InChI is InChI=1S/C22H23NO2S/c1-2-6-16-9-11-18(12-10-16)20-15-26-21(23-20)14-19(22(24)25)13-17-7-4-3-5-8-17/h3-5,7-12,15,19H,2,6,13-14H2,1H3,(H,24,25). The Morgan fingerprint density at radius 2 is 1.77 bits per heavy atom. The molecule has 1 atom stereocenters. The molecule has 0 saturated heterocycles. The molecule has 3 nitrogen and oxygen atoms in total. The molecule has 0 amide bonds.